The SMILES string of the molecule is CCCCc1nn(-c2ccccc2C(F)(F)F)c(=O)n1Cc1ccc(-c2ccccc2S(=O)(=O)NC(=O)[C@@H]2C[C@H]3CC[C@@H]2C3)cc1. The molecule has 8 nitrogen and oxygen atoms in total. The molecule has 12 heteroatoms. The van der Waals surface area contributed by atoms with E-state index >= 15 is 0 Å². The topological polar surface area (TPSA) is 103 Å². The Labute approximate surface area is 265 Å². The molecule has 1 N–H and O–H groups in total. The molecule has 0 unspecified atom stereocenters. The Morgan fingerprint density at radius 2 is 1.70 bits per heavy atom. The zero-order chi connectivity index (χ0) is 32.6. The number of nitrogens with one attached hydrogen (secondary N) is 1. The van der Waals surface area contributed by atoms with E-state index in [1.54, 1.807) is 42.5 Å². The minimum atomic E-state index is -4.66. The number of sulfonamides is 1. The molecular formula is C34H35F3N4O4S. The van der Waals surface area contributed by atoms with Gasteiger partial charge >= 0.3 is 11.9 Å². The van der Waals surface area contributed by atoms with E-state index in [9.17, 15) is 31.2 Å². The Morgan fingerprint density at radius 3 is 2.37 bits per heavy atom. The van der Waals surface area contributed by atoms with Crippen molar-refractivity contribution in [2.75, 3.05) is 0 Å². The number of alkyl halides is 3. The average molecular weight is 653 g/mol. The summed E-state index contributed by atoms with van der Waals surface area (Å²) in [6.07, 6.45) is 1.01. The molecule has 3 atom stereocenters. The molecule has 2 aliphatic rings. The number of carbonyl (C=O) groups is 1. The summed E-state index contributed by atoms with van der Waals surface area (Å²) >= 11 is 0. The minimum absolute atomic E-state index is 0.0121. The fourth-order valence-corrected chi connectivity index (χ4v) is 8.17. The van der Waals surface area contributed by atoms with Crippen molar-refractivity contribution in [1.82, 2.24) is 19.1 Å². The van der Waals surface area contributed by atoms with Crippen molar-refractivity contribution in [1.29, 1.82) is 0 Å². The van der Waals surface area contributed by atoms with Crippen LogP contribution in [0.4, 0.5) is 13.2 Å². The third-order valence-corrected chi connectivity index (χ3v) is 10.6. The Balaban J connectivity index is 1.27. The number of benzene rings is 3. The molecule has 0 spiro atoms. The molecular weight excluding hydrogens is 617 g/mol. The van der Waals surface area contributed by atoms with Crippen LogP contribution in [0.2, 0.25) is 0 Å². The lowest BCUT2D eigenvalue weighted by molar-refractivity contribution is -0.137. The van der Waals surface area contributed by atoms with Gasteiger partial charge in [-0.1, -0.05) is 74.4 Å². The Kier molecular flexibility index (Phi) is 8.66. The summed E-state index contributed by atoms with van der Waals surface area (Å²) in [6.45, 7) is 2.03. The molecule has 2 fully saturated rings. The second-order valence-corrected chi connectivity index (χ2v) is 13.9. The maximum absolute atomic E-state index is 13.8. The summed E-state index contributed by atoms with van der Waals surface area (Å²) in [5, 5.41) is 4.32. The minimum Gasteiger partial charge on any atom is -0.274 e. The predicted molar refractivity (Wildman–Crippen MR) is 167 cm³/mol. The van der Waals surface area contributed by atoms with Crippen molar-refractivity contribution in [3.63, 3.8) is 0 Å². The summed E-state index contributed by atoms with van der Waals surface area (Å²) in [4.78, 5) is 26.5. The van der Waals surface area contributed by atoms with Crippen LogP contribution in [-0.4, -0.2) is 28.7 Å². The van der Waals surface area contributed by atoms with Crippen molar-refractivity contribution >= 4 is 15.9 Å². The zero-order valence-corrected chi connectivity index (χ0v) is 26.2. The number of para-hydroxylation sites is 1. The van der Waals surface area contributed by atoms with Crippen LogP contribution < -0.4 is 10.4 Å². The largest absolute Gasteiger partial charge is 0.418 e. The average Bonchev–Trinajstić information content (AvgIpc) is 3.75. The van der Waals surface area contributed by atoms with Gasteiger partial charge in [0.1, 0.15) is 5.82 Å². The first-order chi connectivity index (χ1) is 22.0. The summed E-state index contributed by atoms with van der Waals surface area (Å²) in [5.74, 6) is 0.384. The molecule has 1 aromatic heterocycles. The van der Waals surface area contributed by atoms with Crippen LogP contribution in [0.5, 0.6) is 0 Å². The quantitative estimate of drug-likeness (QED) is 0.215. The molecule has 4 aromatic rings. The number of carbonyl (C=O) groups excluding carboxylic acids is 1. The lowest BCUT2D eigenvalue weighted by atomic mass is 9.88. The number of aryl methyl sites for hydroxylation is 1. The summed E-state index contributed by atoms with van der Waals surface area (Å²) in [7, 11) is -4.15. The first-order valence-electron chi connectivity index (χ1n) is 15.6. The second-order valence-electron chi connectivity index (χ2n) is 12.3. The first-order valence-corrected chi connectivity index (χ1v) is 17.0. The molecule has 2 aliphatic carbocycles. The predicted octanol–water partition coefficient (Wildman–Crippen LogP) is 6.35. The molecule has 3 aromatic carbocycles. The van der Waals surface area contributed by atoms with Crippen LogP contribution in [0.25, 0.3) is 16.8 Å². The molecule has 46 heavy (non-hydrogen) atoms. The van der Waals surface area contributed by atoms with E-state index in [0.717, 1.165) is 42.9 Å². The first kappa shape index (κ1) is 31.8. The monoisotopic (exact) mass is 652 g/mol. The number of unbranched alkanes of at least 4 members (excludes halogenated alkanes) is 1. The number of hydrogen-bond acceptors (Lipinski definition) is 5. The van der Waals surface area contributed by atoms with Crippen LogP contribution in [0.15, 0.2) is 82.5 Å². The van der Waals surface area contributed by atoms with Gasteiger partial charge in [-0.05, 0) is 66.8 Å². The van der Waals surface area contributed by atoms with Gasteiger partial charge in [-0.2, -0.15) is 17.9 Å². The fourth-order valence-electron chi connectivity index (χ4n) is 6.91. The lowest BCUT2D eigenvalue weighted by Crippen LogP contribution is -2.37. The number of rotatable bonds is 10. The van der Waals surface area contributed by atoms with Gasteiger partial charge in [0, 0.05) is 17.9 Å². The van der Waals surface area contributed by atoms with Gasteiger partial charge < -0.3 is 0 Å². The van der Waals surface area contributed by atoms with Crippen molar-refractivity contribution in [3.8, 4) is 16.8 Å². The van der Waals surface area contributed by atoms with Crippen LogP contribution in [0, 0.1) is 17.8 Å². The van der Waals surface area contributed by atoms with Crippen molar-refractivity contribution in [2.45, 2.75) is 69.5 Å². The normalized spacial score (nSPS) is 19.4. The van der Waals surface area contributed by atoms with Crippen LogP contribution in [-0.2, 0) is 34.0 Å². The third-order valence-electron chi connectivity index (χ3n) is 9.22. The Bertz CT molecular complexity index is 1920. The third kappa shape index (κ3) is 6.27. The van der Waals surface area contributed by atoms with Gasteiger partial charge in [0.25, 0.3) is 10.0 Å². The highest BCUT2D eigenvalue weighted by atomic mass is 32.2. The second kappa shape index (κ2) is 12.5. The van der Waals surface area contributed by atoms with Crippen LogP contribution in [0.1, 0.15) is 62.4 Å². The molecule has 242 valence electrons. The molecule has 0 radical (unpaired) electrons. The van der Waals surface area contributed by atoms with Gasteiger partial charge in [-0.25, -0.2) is 17.9 Å². The zero-order valence-electron chi connectivity index (χ0n) is 25.3. The van der Waals surface area contributed by atoms with E-state index in [4.69, 9.17) is 0 Å². The molecule has 6 rings (SSSR count). The van der Waals surface area contributed by atoms with Crippen molar-refractivity contribution in [3.05, 3.63) is 100 Å². The van der Waals surface area contributed by atoms with Crippen LogP contribution >= 0.6 is 0 Å². The summed E-state index contributed by atoms with van der Waals surface area (Å²) < 4.78 is 72.6. The van der Waals surface area contributed by atoms with Gasteiger partial charge in [0.15, 0.2) is 0 Å². The number of aromatic nitrogens is 3. The van der Waals surface area contributed by atoms with E-state index < -0.39 is 33.4 Å². The van der Waals surface area contributed by atoms with Gasteiger partial charge in [-0.3, -0.25) is 9.36 Å². The van der Waals surface area contributed by atoms with E-state index in [0.29, 0.717) is 41.3 Å². The summed E-state index contributed by atoms with van der Waals surface area (Å²) in [5.41, 5.74) is -0.289. The number of amides is 1. The number of nitrogens with zero attached hydrogens (tertiary/aromatic N) is 3. The van der Waals surface area contributed by atoms with Crippen molar-refractivity contribution in [2.24, 2.45) is 17.8 Å². The van der Waals surface area contributed by atoms with E-state index in [2.05, 4.69) is 9.82 Å². The smallest absolute Gasteiger partial charge is 0.274 e. The maximum atomic E-state index is 13.8. The highest BCUT2D eigenvalue weighted by Gasteiger charge is 2.44. The van der Waals surface area contributed by atoms with Gasteiger partial charge in [0.2, 0.25) is 5.91 Å². The highest BCUT2D eigenvalue weighted by molar-refractivity contribution is 7.90. The molecule has 2 bridgehead atoms. The van der Waals surface area contributed by atoms with E-state index in [1.807, 2.05) is 6.92 Å². The van der Waals surface area contributed by atoms with Gasteiger partial charge in [-0.15, -0.1) is 5.10 Å². The Morgan fingerprint density at radius 1 is 0.978 bits per heavy atom. The molecule has 2 saturated carbocycles. The molecule has 1 amide bonds. The van der Waals surface area contributed by atoms with Crippen LogP contribution in [0.3, 0.4) is 0 Å². The Hall–Kier alpha value is -4.19. The number of hydrogen-bond donors (Lipinski definition) is 1. The number of halogens is 3. The summed E-state index contributed by atoms with van der Waals surface area (Å²) in [6, 6.07) is 18.2. The highest BCUT2D eigenvalue weighted by Crippen LogP contribution is 2.48. The standard InChI is InChI=1S/C34H35F3N4O4S/c1-2-3-12-31-38-41(29-10-6-5-9-28(29)34(35,36)37)33(43)40(31)21-22-13-16-24(17-14-22)26-8-4-7-11-30(26)46(44,45)39-32(42)27-20-23-15-18-25(27)19-23/h4-11,13-14,16-17,23,25,27H,2-3,12,15,18-21H2,1H3,(H,39,42)/t23-,25+,27+/m0/s1. The molecule has 0 aliphatic heterocycles. The number of fused-ring (bicyclic) bond motifs is 2. The lowest BCUT2D eigenvalue weighted by Gasteiger charge is -2.21. The van der Waals surface area contributed by atoms with Gasteiger partial charge in [0.05, 0.1) is 22.7 Å². The maximum Gasteiger partial charge on any atom is 0.418 e. The molecule has 1 heterocycles. The van der Waals surface area contributed by atoms with E-state index in [-0.39, 0.29) is 29.0 Å². The molecule has 0 saturated heterocycles. The van der Waals surface area contributed by atoms with Crippen molar-refractivity contribution < 1.29 is 26.4 Å². The fraction of sp³-hybridized carbons (Fsp3) is 0.382. The van der Waals surface area contributed by atoms with E-state index in [1.165, 1.54) is 28.8 Å².